The number of nitrogens with zero attached hydrogens (tertiary/aromatic N) is 2. The number of urea groups is 1. The van der Waals surface area contributed by atoms with E-state index >= 15 is 0 Å². The van der Waals surface area contributed by atoms with Gasteiger partial charge >= 0.3 is 6.03 Å². The van der Waals surface area contributed by atoms with Gasteiger partial charge in [-0.05, 0) is 47.5 Å². The second kappa shape index (κ2) is 9.13. The molecule has 0 saturated carbocycles. The Balaban J connectivity index is 1.40. The molecule has 31 heavy (non-hydrogen) atoms. The topological polar surface area (TPSA) is 88.2 Å². The number of hydrogen-bond acceptors (Lipinski definition) is 5. The maximum Gasteiger partial charge on any atom is 0.326 e. The zero-order chi connectivity index (χ0) is 21.6. The number of carbonyl (C=O) groups is 1. The monoisotopic (exact) mass is 413 g/mol. The van der Waals surface area contributed by atoms with Gasteiger partial charge in [-0.1, -0.05) is 42.5 Å². The maximum absolute atomic E-state index is 12.4. The van der Waals surface area contributed by atoms with E-state index in [-0.39, 0.29) is 5.95 Å². The Bertz CT molecular complexity index is 1210. The summed E-state index contributed by atoms with van der Waals surface area (Å²) in [5.74, 6) is 1.67. The Morgan fingerprint density at radius 2 is 1.68 bits per heavy atom. The van der Waals surface area contributed by atoms with Crippen molar-refractivity contribution >= 4 is 34.3 Å². The van der Waals surface area contributed by atoms with Crippen molar-refractivity contribution in [1.82, 2.24) is 9.97 Å². The van der Waals surface area contributed by atoms with Crippen molar-refractivity contribution in [3.05, 3.63) is 84.1 Å². The minimum Gasteiger partial charge on any atom is -0.497 e. The summed E-state index contributed by atoms with van der Waals surface area (Å²) in [7, 11) is 1.64. The molecule has 3 N–H and O–H groups in total. The number of aromatic nitrogens is 2. The third kappa shape index (κ3) is 5.27. The highest BCUT2D eigenvalue weighted by molar-refractivity contribution is 6.00. The van der Waals surface area contributed by atoms with E-state index in [9.17, 15) is 4.79 Å². The molecule has 1 heterocycles. The highest BCUT2D eigenvalue weighted by Crippen LogP contribution is 2.19. The summed E-state index contributed by atoms with van der Waals surface area (Å²) < 4.78 is 5.18. The highest BCUT2D eigenvalue weighted by atomic mass is 16.5. The van der Waals surface area contributed by atoms with E-state index in [0.717, 1.165) is 27.8 Å². The van der Waals surface area contributed by atoms with Crippen molar-refractivity contribution in [2.24, 2.45) is 0 Å². The van der Waals surface area contributed by atoms with Crippen LogP contribution in [-0.4, -0.2) is 23.1 Å². The van der Waals surface area contributed by atoms with Gasteiger partial charge in [-0.15, -0.1) is 0 Å². The van der Waals surface area contributed by atoms with Gasteiger partial charge in [0.1, 0.15) is 11.6 Å². The van der Waals surface area contributed by atoms with Crippen LogP contribution in [0, 0.1) is 6.92 Å². The summed E-state index contributed by atoms with van der Waals surface area (Å²) in [5, 5.41) is 11.0. The third-order valence-electron chi connectivity index (χ3n) is 4.72. The smallest absolute Gasteiger partial charge is 0.326 e. The number of rotatable bonds is 6. The molecule has 7 nitrogen and oxygen atoms in total. The number of fused-ring (bicyclic) bond motifs is 1. The van der Waals surface area contributed by atoms with Crippen molar-refractivity contribution in [2.45, 2.75) is 13.5 Å². The van der Waals surface area contributed by atoms with E-state index in [0.29, 0.717) is 18.1 Å². The summed E-state index contributed by atoms with van der Waals surface area (Å²) in [6.07, 6.45) is 0. The predicted molar refractivity (Wildman–Crippen MR) is 124 cm³/mol. The number of anilines is 3. The Kier molecular flexibility index (Phi) is 5.93. The van der Waals surface area contributed by atoms with Gasteiger partial charge in [-0.3, -0.25) is 5.32 Å². The average Bonchev–Trinajstić information content (AvgIpc) is 2.77. The molecule has 0 aliphatic rings. The van der Waals surface area contributed by atoms with Crippen LogP contribution in [0.5, 0.6) is 5.75 Å². The number of hydrogen-bond donors (Lipinski definition) is 3. The molecule has 0 unspecified atom stereocenters. The molecule has 0 fully saturated rings. The van der Waals surface area contributed by atoms with Crippen LogP contribution < -0.4 is 20.7 Å². The van der Waals surface area contributed by atoms with E-state index < -0.39 is 6.03 Å². The van der Waals surface area contributed by atoms with Gasteiger partial charge in [-0.2, -0.15) is 4.98 Å². The molecule has 0 aliphatic heterocycles. The zero-order valence-corrected chi connectivity index (χ0v) is 17.3. The molecule has 0 bridgehead atoms. The number of nitrogens with one attached hydrogen (secondary N) is 3. The van der Waals surface area contributed by atoms with Crippen LogP contribution in [0.25, 0.3) is 10.8 Å². The molecule has 2 amide bonds. The van der Waals surface area contributed by atoms with Gasteiger partial charge in [0.05, 0.1) is 7.11 Å². The first-order chi connectivity index (χ1) is 15.1. The lowest BCUT2D eigenvalue weighted by molar-refractivity contribution is 0.262. The first-order valence-electron chi connectivity index (χ1n) is 9.88. The largest absolute Gasteiger partial charge is 0.497 e. The Hall–Kier alpha value is -4.13. The van der Waals surface area contributed by atoms with Gasteiger partial charge in [-0.25, -0.2) is 9.78 Å². The minimum atomic E-state index is -0.401. The Morgan fingerprint density at radius 1 is 0.903 bits per heavy atom. The van der Waals surface area contributed by atoms with Crippen LogP contribution in [0.4, 0.5) is 22.2 Å². The highest BCUT2D eigenvalue weighted by Gasteiger charge is 2.08. The van der Waals surface area contributed by atoms with Crippen LogP contribution in [0.15, 0.2) is 72.8 Å². The van der Waals surface area contributed by atoms with E-state index in [1.54, 1.807) is 7.11 Å². The van der Waals surface area contributed by atoms with E-state index in [1.165, 1.54) is 0 Å². The fourth-order valence-electron chi connectivity index (χ4n) is 3.18. The lowest BCUT2D eigenvalue weighted by Gasteiger charge is -2.11. The molecular formula is C24H23N5O2. The average molecular weight is 413 g/mol. The van der Waals surface area contributed by atoms with Gasteiger partial charge in [0.15, 0.2) is 0 Å². The molecule has 1 aromatic heterocycles. The van der Waals surface area contributed by atoms with Gasteiger partial charge < -0.3 is 15.4 Å². The second-order valence-electron chi connectivity index (χ2n) is 7.06. The number of carbonyl (C=O) groups excluding carboxylic acids is 1. The summed E-state index contributed by atoms with van der Waals surface area (Å²) in [6.45, 7) is 2.44. The first-order valence-corrected chi connectivity index (χ1v) is 9.88. The van der Waals surface area contributed by atoms with Crippen molar-refractivity contribution in [1.29, 1.82) is 0 Å². The lowest BCUT2D eigenvalue weighted by Crippen LogP contribution is -2.21. The van der Waals surface area contributed by atoms with Gasteiger partial charge in [0.25, 0.3) is 0 Å². The summed E-state index contributed by atoms with van der Waals surface area (Å²) in [5.41, 5.74) is 2.52. The summed E-state index contributed by atoms with van der Waals surface area (Å²) >= 11 is 0. The Morgan fingerprint density at radius 3 is 2.45 bits per heavy atom. The van der Waals surface area contributed by atoms with E-state index in [1.807, 2.05) is 79.7 Å². The van der Waals surface area contributed by atoms with Gasteiger partial charge in [0.2, 0.25) is 5.95 Å². The molecule has 0 atom stereocenters. The van der Waals surface area contributed by atoms with Crippen molar-refractivity contribution in [2.75, 3.05) is 23.1 Å². The fourth-order valence-corrected chi connectivity index (χ4v) is 3.18. The molecule has 0 radical (unpaired) electrons. The minimum absolute atomic E-state index is 0.232. The van der Waals surface area contributed by atoms with Gasteiger partial charge in [0, 0.05) is 24.0 Å². The van der Waals surface area contributed by atoms with Crippen LogP contribution in [0.3, 0.4) is 0 Å². The normalized spacial score (nSPS) is 10.5. The molecule has 0 saturated heterocycles. The number of benzene rings is 3. The number of amides is 2. The molecule has 4 aromatic rings. The fraction of sp³-hybridized carbons (Fsp3) is 0.125. The van der Waals surface area contributed by atoms with Crippen LogP contribution in [0.1, 0.15) is 11.3 Å². The molecule has 156 valence electrons. The maximum atomic E-state index is 12.4. The third-order valence-corrected chi connectivity index (χ3v) is 4.72. The molecule has 0 aliphatic carbocycles. The molecule has 4 rings (SSSR count). The van der Waals surface area contributed by atoms with E-state index in [2.05, 4.69) is 25.9 Å². The number of ether oxygens (including phenoxy) is 1. The van der Waals surface area contributed by atoms with Crippen LogP contribution in [0.2, 0.25) is 0 Å². The van der Waals surface area contributed by atoms with Crippen molar-refractivity contribution in [3.63, 3.8) is 0 Å². The quantitative estimate of drug-likeness (QED) is 0.404. The molecule has 0 spiro atoms. The van der Waals surface area contributed by atoms with Crippen LogP contribution in [-0.2, 0) is 6.54 Å². The molecule has 7 heteroatoms. The van der Waals surface area contributed by atoms with Crippen molar-refractivity contribution in [3.8, 4) is 5.75 Å². The first kappa shape index (κ1) is 20.2. The molecule has 3 aromatic carbocycles. The number of methoxy groups -OCH3 is 1. The standard InChI is InChI=1S/C24H23N5O2/c1-16-13-22(25-15-17-7-11-21(31-2)12-8-17)28-23(26-16)29-24(30)27-20-10-9-18-5-3-4-6-19(18)14-20/h3-14H,15H2,1-2H3,(H3,25,26,27,28,29,30). The molecular weight excluding hydrogens is 390 g/mol. The predicted octanol–water partition coefficient (Wildman–Crippen LogP) is 5.20. The summed E-state index contributed by atoms with van der Waals surface area (Å²) in [4.78, 5) is 21.1. The Labute approximate surface area is 180 Å². The number of aryl methyl sites for hydroxylation is 1. The zero-order valence-electron chi connectivity index (χ0n) is 17.3. The SMILES string of the molecule is COc1ccc(CNc2cc(C)nc(NC(=O)Nc3ccc4ccccc4c3)n2)cc1. The van der Waals surface area contributed by atoms with E-state index in [4.69, 9.17) is 4.74 Å². The van der Waals surface area contributed by atoms with Crippen molar-refractivity contribution < 1.29 is 9.53 Å². The second-order valence-corrected chi connectivity index (χ2v) is 7.06. The lowest BCUT2D eigenvalue weighted by atomic mass is 10.1. The van der Waals surface area contributed by atoms with Crippen LogP contribution >= 0.6 is 0 Å². The summed E-state index contributed by atoms with van der Waals surface area (Å²) in [6, 6.07) is 22.9.